The molecule has 0 fully saturated rings. The number of hydrogen-bond donors (Lipinski definition) is 1. The van der Waals surface area contributed by atoms with Crippen molar-refractivity contribution in [1.29, 1.82) is 0 Å². The number of hydrogen-bond acceptors (Lipinski definition) is 2. The summed E-state index contributed by atoms with van der Waals surface area (Å²) in [4.78, 5) is 0. The quantitative estimate of drug-likeness (QED) is 0.663. The second-order valence-corrected chi connectivity index (χ2v) is 5.04. The summed E-state index contributed by atoms with van der Waals surface area (Å²) in [5, 5.41) is 2.66. The highest BCUT2D eigenvalue weighted by molar-refractivity contribution is 7.97. The average molecular weight is 347 g/mol. The summed E-state index contributed by atoms with van der Waals surface area (Å²) < 4.78 is 75.6. The summed E-state index contributed by atoms with van der Waals surface area (Å²) in [6.07, 6.45) is -1.66. The Labute approximate surface area is 132 Å². The fraction of sp³-hybridized carbons (Fsp3) is 0.538. The zero-order valence-electron chi connectivity index (χ0n) is 12.0. The maximum atomic E-state index is 13.5. The van der Waals surface area contributed by atoms with E-state index >= 15 is 0 Å². The molecule has 1 aromatic carbocycles. The molecule has 0 aliphatic carbocycles. The van der Waals surface area contributed by atoms with Crippen LogP contribution in [0, 0.1) is 5.82 Å². The normalized spacial score (nSPS) is 12.8. The molecule has 1 atom stereocenters. The van der Waals surface area contributed by atoms with E-state index in [1.165, 1.54) is 7.05 Å². The van der Waals surface area contributed by atoms with Crippen molar-refractivity contribution in [3.63, 3.8) is 0 Å². The van der Waals surface area contributed by atoms with Crippen LogP contribution in [-0.4, -0.2) is 34.1 Å². The molecule has 1 nitrogen and oxygen atoms in total. The molecule has 1 aromatic rings. The lowest BCUT2D eigenvalue weighted by Crippen LogP contribution is -2.33. The predicted molar refractivity (Wildman–Crippen MR) is 83.2 cm³/mol. The minimum Gasteiger partial charge on any atom is -0.313 e. The van der Waals surface area contributed by atoms with Crippen LogP contribution < -0.4 is 5.32 Å². The van der Waals surface area contributed by atoms with Gasteiger partial charge in [-0.25, -0.2) is 4.39 Å². The zero-order valence-corrected chi connectivity index (χ0v) is 12.8. The molecule has 0 radical (unpaired) electrons. The Morgan fingerprint density at radius 1 is 1.09 bits per heavy atom. The molecule has 0 spiro atoms. The number of thioether (sulfide) groups is 1. The third kappa shape index (κ3) is 5.76. The van der Waals surface area contributed by atoms with E-state index in [1.807, 2.05) is 12.5 Å². The average Bonchev–Trinajstić information content (AvgIpc) is 2.37. The van der Waals surface area contributed by atoms with Crippen LogP contribution in [0.4, 0.5) is 26.3 Å². The number of halogens is 6. The van der Waals surface area contributed by atoms with Crippen LogP contribution in [0.1, 0.15) is 24.1 Å². The Bertz CT molecular complexity index is 453. The Balaban J connectivity index is 0. The topological polar surface area (TPSA) is 12.0 Å². The van der Waals surface area contributed by atoms with Gasteiger partial charge in [0.1, 0.15) is 5.82 Å². The zero-order chi connectivity index (χ0) is 16.8. The van der Waals surface area contributed by atoms with Gasteiger partial charge in [0.15, 0.2) is 0 Å². The molecule has 0 saturated heterocycles. The van der Waals surface area contributed by atoms with Gasteiger partial charge in [0.05, 0.1) is 8.41 Å². The van der Waals surface area contributed by atoms with Crippen molar-refractivity contribution in [2.75, 3.05) is 19.6 Å². The van der Waals surface area contributed by atoms with Crippen molar-refractivity contribution in [3.8, 4) is 0 Å². The van der Waals surface area contributed by atoms with E-state index in [-0.39, 0.29) is 20.0 Å². The summed E-state index contributed by atoms with van der Waals surface area (Å²) in [6.45, 7) is 1.56. The van der Waals surface area contributed by atoms with Crippen molar-refractivity contribution in [2.24, 2.45) is 0 Å². The number of alkyl halides is 5. The van der Waals surface area contributed by atoms with Crippen LogP contribution in [0.3, 0.4) is 0 Å². The van der Waals surface area contributed by atoms with E-state index in [0.29, 0.717) is 6.07 Å². The van der Waals surface area contributed by atoms with E-state index in [4.69, 9.17) is 0 Å². The highest BCUT2D eigenvalue weighted by Crippen LogP contribution is 2.44. The van der Waals surface area contributed by atoms with Gasteiger partial charge in [-0.3, -0.25) is 0 Å². The first-order valence-electron chi connectivity index (χ1n) is 5.84. The van der Waals surface area contributed by atoms with Crippen LogP contribution in [0.2, 0.25) is 0 Å². The van der Waals surface area contributed by atoms with Gasteiger partial charge in [0.2, 0.25) is 0 Å². The lowest BCUT2D eigenvalue weighted by Gasteiger charge is -2.21. The first kappa shape index (κ1) is 23.4. The van der Waals surface area contributed by atoms with Crippen molar-refractivity contribution in [3.05, 3.63) is 35.1 Å². The van der Waals surface area contributed by atoms with Gasteiger partial charge in [0, 0.05) is 17.2 Å². The van der Waals surface area contributed by atoms with Gasteiger partial charge in [-0.15, -0.1) is 0 Å². The molecule has 0 aliphatic rings. The summed E-state index contributed by atoms with van der Waals surface area (Å²) in [6, 6.07) is 1.24. The Morgan fingerprint density at radius 2 is 1.55 bits per heavy atom. The van der Waals surface area contributed by atoms with E-state index < -0.39 is 29.5 Å². The summed E-state index contributed by atoms with van der Waals surface area (Å²) >= 11 is 1.75. The van der Waals surface area contributed by atoms with Crippen LogP contribution in [-0.2, 0) is 5.92 Å². The van der Waals surface area contributed by atoms with E-state index in [2.05, 4.69) is 5.32 Å². The summed E-state index contributed by atoms with van der Waals surface area (Å²) in [5.41, 5.74) is -1.38. The molecular weight excluding hydrogens is 327 g/mol. The summed E-state index contributed by atoms with van der Waals surface area (Å²) in [5.74, 6) is -6.16. The Kier molecular flexibility index (Phi) is 9.96. The molecule has 1 unspecified atom stereocenters. The van der Waals surface area contributed by atoms with Crippen molar-refractivity contribution < 1.29 is 26.3 Å². The molecule has 0 aliphatic heterocycles. The van der Waals surface area contributed by atoms with Gasteiger partial charge >= 0.3 is 12.1 Å². The van der Waals surface area contributed by atoms with Gasteiger partial charge in [-0.05, 0) is 32.5 Å². The molecular formula is C13H20BF6NS. The lowest BCUT2D eigenvalue weighted by molar-refractivity contribution is -0.289. The summed E-state index contributed by atoms with van der Waals surface area (Å²) in [7, 11) is 1.52. The maximum Gasteiger partial charge on any atom is 0.458 e. The smallest absolute Gasteiger partial charge is 0.313 e. The van der Waals surface area contributed by atoms with Gasteiger partial charge < -0.3 is 5.32 Å². The minimum atomic E-state index is -5.74. The molecule has 0 amide bonds. The first-order chi connectivity index (χ1) is 9.52. The standard InChI is InChI=1S/C11H11F6N.C2H6S.BH3/c1-6(18-2)8-4-3-7(5-9(8)12)10(13,14)11(15,16)17;1-3-2;/h3-6,18H,1-2H3;1-2H3;1H3. The molecule has 128 valence electrons. The minimum absolute atomic E-state index is 0. The van der Waals surface area contributed by atoms with Crippen LogP contribution in [0.15, 0.2) is 18.2 Å². The molecule has 0 aromatic heterocycles. The van der Waals surface area contributed by atoms with Gasteiger partial charge in [0.25, 0.3) is 0 Å². The van der Waals surface area contributed by atoms with Crippen molar-refractivity contribution in [1.82, 2.24) is 5.32 Å². The predicted octanol–water partition coefficient (Wildman–Crippen LogP) is 3.56. The maximum absolute atomic E-state index is 13.5. The monoisotopic (exact) mass is 347 g/mol. The largest absolute Gasteiger partial charge is 0.458 e. The third-order valence-electron chi connectivity index (χ3n) is 2.62. The fourth-order valence-corrected chi connectivity index (χ4v) is 1.39. The highest BCUT2D eigenvalue weighted by atomic mass is 32.2. The molecule has 0 bridgehead atoms. The SMILES string of the molecule is B.CNC(C)c1ccc(C(F)(F)C(F)(F)F)cc1F.CSC. The van der Waals surface area contributed by atoms with Crippen LogP contribution >= 0.6 is 11.8 Å². The van der Waals surface area contributed by atoms with Crippen LogP contribution in [0.25, 0.3) is 0 Å². The second kappa shape index (κ2) is 9.34. The van der Waals surface area contributed by atoms with E-state index in [9.17, 15) is 26.3 Å². The molecule has 9 heteroatoms. The number of nitrogens with one attached hydrogen (secondary N) is 1. The van der Waals surface area contributed by atoms with Crippen molar-refractivity contribution >= 4 is 20.2 Å². The van der Waals surface area contributed by atoms with Crippen LogP contribution in [0.5, 0.6) is 0 Å². The Hall–Kier alpha value is -0.825. The van der Waals surface area contributed by atoms with Gasteiger partial charge in [-0.1, -0.05) is 12.1 Å². The van der Waals surface area contributed by atoms with Gasteiger partial charge in [-0.2, -0.15) is 33.7 Å². The van der Waals surface area contributed by atoms with E-state index in [1.54, 1.807) is 18.7 Å². The molecule has 0 saturated carbocycles. The molecule has 0 heterocycles. The highest BCUT2D eigenvalue weighted by Gasteiger charge is 2.58. The third-order valence-corrected chi connectivity index (χ3v) is 2.62. The Morgan fingerprint density at radius 3 is 1.86 bits per heavy atom. The molecule has 22 heavy (non-hydrogen) atoms. The van der Waals surface area contributed by atoms with Crippen molar-refractivity contribution in [2.45, 2.75) is 25.1 Å². The molecule has 1 N–H and O–H groups in total. The number of rotatable bonds is 3. The molecule has 1 rings (SSSR count). The first-order valence-corrected chi connectivity index (χ1v) is 7.48. The lowest BCUT2D eigenvalue weighted by atomic mass is 10.0. The number of benzene rings is 1. The second-order valence-electron chi connectivity index (χ2n) is 4.23. The fourth-order valence-electron chi connectivity index (χ4n) is 1.39. The van der Waals surface area contributed by atoms with E-state index in [0.717, 1.165) is 6.07 Å².